The maximum absolute atomic E-state index is 13.9. The number of unbranched alkanes of at least 4 members (excludes halogenated alkanes) is 2. The number of rotatable bonds is 8. The van der Waals surface area contributed by atoms with Crippen LogP contribution in [0.5, 0.6) is 0 Å². The van der Waals surface area contributed by atoms with Gasteiger partial charge in [0.25, 0.3) is 0 Å². The normalized spacial score (nSPS) is 23.6. The van der Waals surface area contributed by atoms with Crippen molar-refractivity contribution in [2.45, 2.75) is 39.2 Å². The second-order valence-electron chi connectivity index (χ2n) is 6.04. The molecule has 0 amide bonds. The van der Waals surface area contributed by atoms with E-state index in [9.17, 15) is 13.6 Å². The van der Waals surface area contributed by atoms with E-state index in [1.807, 2.05) is 13.8 Å². The van der Waals surface area contributed by atoms with Gasteiger partial charge in [-0.15, -0.1) is 6.42 Å². The van der Waals surface area contributed by atoms with Gasteiger partial charge in [0.15, 0.2) is 0 Å². The zero-order chi connectivity index (χ0) is 17.6. The Kier molecular flexibility index (Phi) is 7.57. The van der Waals surface area contributed by atoms with Crippen molar-refractivity contribution in [3.8, 4) is 12.3 Å². The Morgan fingerprint density at radius 1 is 1.43 bits per heavy atom. The molecule has 0 aromatic rings. The van der Waals surface area contributed by atoms with E-state index >= 15 is 0 Å². The van der Waals surface area contributed by atoms with Gasteiger partial charge in [-0.2, -0.15) is 0 Å². The first-order valence-corrected chi connectivity index (χ1v) is 8.12. The molecule has 1 aliphatic carbocycles. The van der Waals surface area contributed by atoms with Crippen LogP contribution in [0, 0.1) is 29.6 Å². The Morgan fingerprint density at radius 3 is 2.61 bits per heavy atom. The van der Waals surface area contributed by atoms with Crippen molar-refractivity contribution in [3.05, 3.63) is 22.5 Å². The lowest BCUT2D eigenvalue weighted by molar-refractivity contribution is -0.148. The van der Waals surface area contributed by atoms with E-state index in [1.54, 1.807) is 6.08 Å². The molecule has 0 bridgehead atoms. The first kappa shape index (κ1) is 20.0. The molecule has 0 N–H and O–H groups in total. The van der Waals surface area contributed by atoms with Crippen molar-refractivity contribution >= 4 is 29.2 Å². The minimum absolute atomic E-state index is 0.0748. The SMILES string of the molecule is C#CC(OC(=O)C1C(C=C(Cl)Cl)C1(C)C)C(F)=CCCCCF. The van der Waals surface area contributed by atoms with Crippen molar-refractivity contribution in [2.24, 2.45) is 17.3 Å². The maximum Gasteiger partial charge on any atom is 0.311 e. The summed E-state index contributed by atoms with van der Waals surface area (Å²) in [5.41, 5.74) is -0.368. The number of terminal acetylenes is 1. The quantitative estimate of drug-likeness (QED) is 0.339. The molecule has 0 radical (unpaired) electrons. The number of carbonyl (C=O) groups is 1. The van der Waals surface area contributed by atoms with Gasteiger partial charge in [0, 0.05) is 0 Å². The van der Waals surface area contributed by atoms with E-state index in [-0.39, 0.29) is 15.8 Å². The van der Waals surface area contributed by atoms with Crippen LogP contribution >= 0.6 is 23.2 Å². The number of hydrogen-bond acceptors (Lipinski definition) is 2. The van der Waals surface area contributed by atoms with Crippen molar-refractivity contribution in [2.75, 3.05) is 6.67 Å². The zero-order valence-electron chi connectivity index (χ0n) is 13.1. The first-order chi connectivity index (χ1) is 10.8. The molecule has 3 atom stereocenters. The van der Waals surface area contributed by atoms with Crippen molar-refractivity contribution in [1.29, 1.82) is 0 Å². The summed E-state index contributed by atoms with van der Waals surface area (Å²) in [7, 11) is 0. The van der Waals surface area contributed by atoms with E-state index in [1.165, 1.54) is 6.08 Å². The predicted molar refractivity (Wildman–Crippen MR) is 88.3 cm³/mol. The maximum atomic E-state index is 13.9. The smallest absolute Gasteiger partial charge is 0.311 e. The molecule has 2 nitrogen and oxygen atoms in total. The van der Waals surface area contributed by atoms with Crippen LogP contribution in [0.4, 0.5) is 8.78 Å². The molecule has 1 aliphatic rings. The van der Waals surface area contributed by atoms with E-state index in [0.29, 0.717) is 19.3 Å². The van der Waals surface area contributed by atoms with E-state index in [2.05, 4.69) is 5.92 Å². The molecule has 3 unspecified atom stereocenters. The molecule has 1 rings (SSSR count). The van der Waals surface area contributed by atoms with Gasteiger partial charge in [-0.05, 0) is 42.7 Å². The molecule has 1 fully saturated rings. The average molecular weight is 365 g/mol. The van der Waals surface area contributed by atoms with Gasteiger partial charge in [0.2, 0.25) is 6.10 Å². The van der Waals surface area contributed by atoms with Gasteiger partial charge in [-0.25, -0.2) is 4.39 Å². The van der Waals surface area contributed by atoms with Gasteiger partial charge in [0.05, 0.1) is 12.6 Å². The third-order valence-electron chi connectivity index (χ3n) is 4.03. The highest BCUT2D eigenvalue weighted by Crippen LogP contribution is 2.60. The van der Waals surface area contributed by atoms with Crippen molar-refractivity contribution in [1.82, 2.24) is 0 Å². The first-order valence-electron chi connectivity index (χ1n) is 7.36. The second-order valence-corrected chi connectivity index (χ2v) is 7.05. The van der Waals surface area contributed by atoms with Gasteiger partial charge < -0.3 is 4.74 Å². The largest absolute Gasteiger partial charge is 0.441 e. The van der Waals surface area contributed by atoms with Gasteiger partial charge >= 0.3 is 5.97 Å². The van der Waals surface area contributed by atoms with E-state index in [0.717, 1.165) is 0 Å². The van der Waals surface area contributed by atoms with Gasteiger partial charge in [-0.3, -0.25) is 9.18 Å². The third kappa shape index (κ3) is 5.51. The molecule has 0 heterocycles. The minimum Gasteiger partial charge on any atom is -0.441 e. The zero-order valence-corrected chi connectivity index (χ0v) is 14.6. The fourth-order valence-electron chi connectivity index (χ4n) is 2.52. The fraction of sp³-hybridized carbons (Fsp3) is 0.588. The number of halogens is 4. The predicted octanol–water partition coefficient (Wildman–Crippen LogP) is 5.12. The molecule has 0 aromatic carbocycles. The monoisotopic (exact) mass is 364 g/mol. The molecule has 1 saturated carbocycles. The Hall–Kier alpha value is -1.05. The van der Waals surface area contributed by atoms with Gasteiger partial charge in [0.1, 0.15) is 10.3 Å². The summed E-state index contributed by atoms with van der Waals surface area (Å²) >= 11 is 11.2. The molecule has 0 spiro atoms. The highest BCUT2D eigenvalue weighted by Gasteiger charge is 2.62. The lowest BCUT2D eigenvalue weighted by Crippen LogP contribution is -2.20. The topological polar surface area (TPSA) is 26.3 Å². The van der Waals surface area contributed by atoms with E-state index in [4.69, 9.17) is 34.4 Å². The number of carbonyl (C=O) groups excluding carboxylic acids is 1. The Balaban J connectivity index is 2.64. The standard InChI is InChI=1S/C17H20Cl2F2O2/c1-4-13(12(21)8-6-5-7-9-20)23-16(22)15-11(10-14(18)19)17(15,2)3/h1,8,10-11,13,15H,5-7,9H2,2-3H3. The number of allylic oxidation sites excluding steroid dienone is 2. The van der Waals surface area contributed by atoms with Crippen molar-refractivity contribution < 1.29 is 18.3 Å². The lowest BCUT2D eigenvalue weighted by Gasteiger charge is -2.11. The number of hydrogen-bond donors (Lipinski definition) is 0. The molecule has 0 saturated heterocycles. The van der Waals surface area contributed by atoms with Crippen LogP contribution in [0.3, 0.4) is 0 Å². The van der Waals surface area contributed by atoms with Gasteiger partial charge in [-0.1, -0.05) is 43.0 Å². The number of ether oxygens (including phenoxy) is 1. The van der Waals surface area contributed by atoms with Crippen LogP contribution < -0.4 is 0 Å². The molecular formula is C17H20Cl2F2O2. The second kappa shape index (κ2) is 8.70. The average Bonchev–Trinajstić information content (AvgIpc) is 3.00. The van der Waals surface area contributed by atoms with Crippen LogP contribution in [0.1, 0.15) is 33.1 Å². The minimum atomic E-state index is -1.36. The molecular weight excluding hydrogens is 345 g/mol. The Morgan fingerprint density at radius 2 is 2.09 bits per heavy atom. The van der Waals surface area contributed by atoms with Crippen LogP contribution in [0.15, 0.2) is 22.5 Å². The summed E-state index contributed by atoms with van der Waals surface area (Å²) in [6.45, 7) is 3.29. The number of esters is 1. The Labute approximate surface area is 145 Å². The molecule has 0 aromatic heterocycles. The lowest BCUT2D eigenvalue weighted by atomic mass is 10.1. The summed E-state index contributed by atoms with van der Waals surface area (Å²) < 4.78 is 31.1. The molecule has 0 aliphatic heterocycles. The highest BCUT2D eigenvalue weighted by atomic mass is 35.5. The number of alkyl halides is 1. The summed E-state index contributed by atoms with van der Waals surface area (Å²) in [4.78, 5) is 12.2. The van der Waals surface area contributed by atoms with Crippen LogP contribution in [-0.4, -0.2) is 18.7 Å². The fourth-order valence-corrected chi connectivity index (χ4v) is 2.79. The summed E-state index contributed by atoms with van der Waals surface area (Å²) in [5, 5.41) is 0. The van der Waals surface area contributed by atoms with Crippen LogP contribution in [-0.2, 0) is 9.53 Å². The third-order valence-corrected chi connectivity index (χ3v) is 4.29. The Bertz CT molecular complexity index is 531. The van der Waals surface area contributed by atoms with Crippen molar-refractivity contribution in [3.63, 3.8) is 0 Å². The van der Waals surface area contributed by atoms with Crippen LogP contribution in [0.2, 0.25) is 0 Å². The summed E-state index contributed by atoms with van der Waals surface area (Å²) in [5.74, 6) is 0.183. The summed E-state index contributed by atoms with van der Waals surface area (Å²) in [6, 6.07) is 0. The van der Waals surface area contributed by atoms with E-state index < -0.39 is 30.5 Å². The molecule has 6 heteroatoms. The van der Waals surface area contributed by atoms with Crippen LogP contribution in [0.25, 0.3) is 0 Å². The summed E-state index contributed by atoms with van der Waals surface area (Å²) in [6.07, 6.45) is 7.88. The highest BCUT2D eigenvalue weighted by molar-refractivity contribution is 6.55. The molecule has 23 heavy (non-hydrogen) atoms. The molecule has 128 valence electrons.